The number of rotatable bonds is 2. The van der Waals surface area contributed by atoms with Gasteiger partial charge in [-0.15, -0.1) is 0 Å². The van der Waals surface area contributed by atoms with E-state index in [1.165, 1.54) is 6.20 Å². The van der Waals surface area contributed by atoms with E-state index in [2.05, 4.69) is 15.0 Å². The molecular weight excluding hydrogens is 332 g/mol. The van der Waals surface area contributed by atoms with Gasteiger partial charge in [-0.2, -0.15) is 0 Å². The number of fused-ring (bicyclic) bond motifs is 1. The van der Waals surface area contributed by atoms with Crippen LogP contribution in [0, 0.1) is 5.82 Å². The van der Waals surface area contributed by atoms with Gasteiger partial charge in [-0.25, -0.2) is 14.2 Å². The van der Waals surface area contributed by atoms with Gasteiger partial charge in [0.2, 0.25) is 0 Å². The maximum Gasteiger partial charge on any atom is 0.417 e. The van der Waals surface area contributed by atoms with Crippen molar-refractivity contribution in [3.8, 4) is 11.3 Å². The highest BCUT2D eigenvalue weighted by Gasteiger charge is 2.28. The topological polar surface area (TPSA) is 71.8 Å². The minimum atomic E-state index is -0.725. The third kappa shape index (κ3) is 2.10. The number of nitrogens with zero attached hydrogens (tertiary/aromatic N) is 2. The molecule has 1 fully saturated rings. The zero-order valence-electron chi connectivity index (χ0n) is 11.0. The first-order chi connectivity index (χ1) is 10.5. The van der Waals surface area contributed by atoms with Gasteiger partial charge in [0.25, 0.3) is 0 Å². The minimum Gasteiger partial charge on any atom is -0.407 e. The third-order valence-electron chi connectivity index (χ3n) is 3.59. The van der Waals surface area contributed by atoms with E-state index < -0.39 is 11.6 Å². The lowest BCUT2D eigenvalue weighted by Crippen LogP contribution is -1.95. The summed E-state index contributed by atoms with van der Waals surface area (Å²) in [6.45, 7) is 0. The largest absolute Gasteiger partial charge is 0.417 e. The molecule has 4 rings (SSSR count). The summed E-state index contributed by atoms with van der Waals surface area (Å²) in [7, 11) is 0. The van der Waals surface area contributed by atoms with Crippen LogP contribution in [-0.2, 0) is 0 Å². The predicted molar refractivity (Wildman–Crippen MR) is 79.8 cm³/mol. The van der Waals surface area contributed by atoms with Gasteiger partial charge in [0.15, 0.2) is 10.7 Å². The summed E-state index contributed by atoms with van der Waals surface area (Å²) in [5.74, 6) is -1.07. The lowest BCUT2D eigenvalue weighted by Gasteiger charge is -2.06. The molecule has 22 heavy (non-hydrogen) atoms. The van der Waals surface area contributed by atoms with E-state index in [1.54, 1.807) is 0 Å². The molecule has 0 radical (unpaired) electrons. The third-order valence-corrected chi connectivity index (χ3v) is 4.24. The molecule has 3 aromatic rings. The Morgan fingerprint density at radius 3 is 2.82 bits per heavy atom. The molecule has 0 atom stereocenters. The van der Waals surface area contributed by atoms with Gasteiger partial charge in [-0.05, 0) is 18.9 Å². The number of H-pyrrole nitrogens is 1. The summed E-state index contributed by atoms with van der Waals surface area (Å²) in [4.78, 5) is 22.3. The summed E-state index contributed by atoms with van der Waals surface area (Å²) in [6.07, 6.45) is 3.58. The van der Waals surface area contributed by atoms with Crippen molar-refractivity contribution in [2.24, 2.45) is 0 Å². The number of hydrogen-bond acceptors (Lipinski definition) is 4. The van der Waals surface area contributed by atoms with Crippen LogP contribution in [0.5, 0.6) is 0 Å². The number of nitrogens with one attached hydrogen (secondary N) is 1. The molecule has 1 saturated carbocycles. The second-order valence-electron chi connectivity index (χ2n) is 5.14. The standard InChI is InChI=1S/C14H8Cl2FN3O2/c15-9-7(17)3-6(12-11(9)20-14(21)22-12)8-4-18-10(5-1-2-5)13(16)19-8/h3-5H,1-2H2,(H,20,21). The average molecular weight is 340 g/mol. The second kappa shape index (κ2) is 4.79. The molecule has 1 aromatic carbocycles. The van der Waals surface area contributed by atoms with Crippen LogP contribution in [0.4, 0.5) is 4.39 Å². The fourth-order valence-corrected chi connectivity index (χ4v) is 2.86. The van der Waals surface area contributed by atoms with E-state index in [0.717, 1.165) is 24.6 Å². The Morgan fingerprint density at radius 2 is 2.14 bits per heavy atom. The minimum absolute atomic E-state index is 0.0888. The number of halogens is 3. The van der Waals surface area contributed by atoms with Gasteiger partial charge in [0, 0.05) is 11.5 Å². The van der Waals surface area contributed by atoms with Crippen LogP contribution in [0.25, 0.3) is 22.4 Å². The van der Waals surface area contributed by atoms with Crippen LogP contribution in [0.15, 0.2) is 21.5 Å². The molecule has 8 heteroatoms. The summed E-state index contributed by atoms with van der Waals surface area (Å²) < 4.78 is 19.0. The van der Waals surface area contributed by atoms with Crippen molar-refractivity contribution in [2.75, 3.05) is 0 Å². The number of benzene rings is 1. The first-order valence-electron chi connectivity index (χ1n) is 6.58. The first-order valence-corrected chi connectivity index (χ1v) is 7.34. The first kappa shape index (κ1) is 13.7. The molecule has 0 bridgehead atoms. The number of hydrogen-bond donors (Lipinski definition) is 1. The number of aromatic amines is 1. The average Bonchev–Trinajstić information content (AvgIpc) is 3.24. The highest BCUT2D eigenvalue weighted by molar-refractivity contribution is 6.35. The molecule has 0 unspecified atom stereocenters. The van der Waals surface area contributed by atoms with Crippen molar-refractivity contribution in [3.05, 3.63) is 44.5 Å². The lowest BCUT2D eigenvalue weighted by atomic mass is 10.1. The number of aromatic nitrogens is 3. The van der Waals surface area contributed by atoms with Crippen LogP contribution in [0.2, 0.25) is 10.2 Å². The molecule has 0 aliphatic heterocycles. The van der Waals surface area contributed by atoms with Crippen molar-refractivity contribution in [1.29, 1.82) is 0 Å². The van der Waals surface area contributed by atoms with Crippen molar-refractivity contribution in [3.63, 3.8) is 0 Å². The molecule has 0 amide bonds. The Balaban J connectivity index is 1.95. The predicted octanol–water partition coefficient (Wildman–Crippen LogP) is 3.90. The zero-order valence-corrected chi connectivity index (χ0v) is 12.5. The van der Waals surface area contributed by atoms with E-state index in [1.807, 2.05) is 0 Å². The van der Waals surface area contributed by atoms with E-state index >= 15 is 0 Å². The van der Waals surface area contributed by atoms with Crippen LogP contribution < -0.4 is 5.76 Å². The molecule has 2 aromatic heterocycles. The van der Waals surface area contributed by atoms with Gasteiger partial charge in [-0.1, -0.05) is 23.2 Å². The monoisotopic (exact) mass is 339 g/mol. The van der Waals surface area contributed by atoms with Crippen molar-refractivity contribution in [1.82, 2.24) is 15.0 Å². The normalized spacial score (nSPS) is 14.7. The molecule has 0 saturated heterocycles. The highest BCUT2D eigenvalue weighted by Crippen LogP contribution is 2.42. The molecule has 112 valence electrons. The van der Waals surface area contributed by atoms with Crippen molar-refractivity contribution in [2.45, 2.75) is 18.8 Å². The van der Waals surface area contributed by atoms with Gasteiger partial charge in [0.1, 0.15) is 16.4 Å². The smallest absolute Gasteiger partial charge is 0.407 e. The Hall–Kier alpha value is -1.92. The molecule has 0 spiro atoms. The van der Waals surface area contributed by atoms with E-state index in [0.29, 0.717) is 11.6 Å². The summed E-state index contributed by atoms with van der Waals surface area (Å²) in [6, 6.07) is 1.15. The Labute approximate surface area is 133 Å². The van der Waals surface area contributed by atoms with Crippen LogP contribution in [0.1, 0.15) is 24.5 Å². The fourth-order valence-electron chi connectivity index (χ4n) is 2.37. The van der Waals surface area contributed by atoms with E-state index in [9.17, 15) is 9.18 Å². The summed E-state index contributed by atoms with van der Waals surface area (Å²) in [5.41, 5.74) is 1.54. The second-order valence-corrected chi connectivity index (χ2v) is 5.88. The quantitative estimate of drug-likeness (QED) is 0.768. The lowest BCUT2D eigenvalue weighted by molar-refractivity contribution is 0.555. The Kier molecular flexibility index (Phi) is 2.99. The van der Waals surface area contributed by atoms with Gasteiger partial charge in [0.05, 0.1) is 17.6 Å². The summed E-state index contributed by atoms with van der Waals surface area (Å²) in [5, 5.41) is 0.0691. The van der Waals surface area contributed by atoms with E-state index in [-0.39, 0.29) is 26.8 Å². The van der Waals surface area contributed by atoms with Crippen LogP contribution in [-0.4, -0.2) is 15.0 Å². The summed E-state index contributed by atoms with van der Waals surface area (Å²) >= 11 is 12.0. The van der Waals surface area contributed by atoms with Crippen molar-refractivity contribution >= 4 is 34.3 Å². The van der Waals surface area contributed by atoms with Gasteiger partial charge in [-0.3, -0.25) is 9.97 Å². The molecule has 1 N–H and O–H groups in total. The Bertz CT molecular complexity index is 963. The molecule has 1 aliphatic rings. The molecule has 5 nitrogen and oxygen atoms in total. The SMILES string of the molecule is O=c1[nH]c2c(Cl)c(F)cc(-c3cnc(C4CC4)c(Cl)n3)c2o1. The van der Waals surface area contributed by atoms with Crippen LogP contribution >= 0.6 is 23.2 Å². The fraction of sp³-hybridized carbons (Fsp3) is 0.214. The molecule has 2 heterocycles. The highest BCUT2D eigenvalue weighted by atomic mass is 35.5. The number of oxazole rings is 1. The van der Waals surface area contributed by atoms with E-state index in [4.69, 9.17) is 27.6 Å². The van der Waals surface area contributed by atoms with Gasteiger partial charge >= 0.3 is 5.76 Å². The molecule has 1 aliphatic carbocycles. The van der Waals surface area contributed by atoms with Crippen molar-refractivity contribution < 1.29 is 8.81 Å². The molecular formula is C14H8Cl2FN3O2. The maximum atomic E-state index is 13.9. The maximum absolute atomic E-state index is 13.9. The van der Waals surface area contributed by atoms with Crippen LogP contribution in [0.3, 0.4) is 0 Å². The van der Waals surface area contributed by atoms with Gasteiger partial charge < -0.3 is 4.42 Å². The zero-order chi connectivity index (χ0) is 15.4. The Morgan fingerprint density at radius 1 is 1.36 bits per heavy atom.